The number of hydrogen-bond donors (Lipinski definition) is 0. The second-order valence-electron chi connectivity index (χ2n) is 4.83. The Bertz CT molecular complexity index is 411. The van der Waals surface area contributed by atoms with E-state index in [4.69, 9.17) is 11.6 Å². The summed E-state index contributed by atoms with van der Waals surface area (Å²) in [6.45, 7) is 1.75. The van der Waals surface area contributed by atoms with E-state index >= 15 is 0 Å². The van der Waals surface area contributed by atoms with E-state index in [1.54, 1.807) is 11.1 Å². The Morgan fingerprint density at radius 3 is 2.56 bits per heavy atom. The highest BCUT2D eigenvalue weighted by molar-refractivity contribution is 6.30. The Hall–Kier alpha value is -1.29. The molecule has 1 saturated heterocycles. The molecule has 0 aromatic carbocycles. The minimum atomic E-state index is 0.156. The molecule has 0 saturated carbocycles. The van der Waals surface area contributed by atoms with Crippen LogP contribution in [0.25, 0.3) is 0 Å². The zero-order chi connectivity index (χ0) is 13.1. The third-order valence-electron chi connectivity index (χ3n) is 3.32. The van der Waals surface area contributed by atoms with Crippen molar-refractivity contribution < 1.29 is 4.79 Å². The number of carbonyl (C=O) groups is 1. The first kappa shape index (κ1) is 13.1. The van der Waals surface area contributed by atoms with E-state index in [2.05, 4.69) is 9.88 Å². The van der Waals surface area contributed by atoms with E-state index in [1.165, 1.54) is 0 Å². The maximum atomic E-state index is 11.9. The normalized spacial score (nSPS) is 16.7. The zero-order valence-corrected chi connectivity index (χ0v) is 11.5. The molecular weight excluding hydrogens is 250 g/mol. The van der Waals surface area contributed by atoms with Crippen LogP contribution in [0.2, 0.25) is 5.02 Å². The van der Waals surface area contributed by atoms with Gasteiger partial charge in [0, 0.05) is 39.3 Å². The number of pyridine rings is 1. The van der Waals surface area contributed by atoms with Crippen LogP contribution in [0.4, 0.5) is 5.82 Å². The van der Waals surface area contributed by atoms with Gasteiger partial charge in [0.2, 0.25) is 5.91 Å². The Balaban J connectivity index is 1.94. The van der Waals surface area contributed by atoms with Gasteiger partial charge in [-0.05, 0) is 25.0 Å². The Kier molecular flexibility index (Phi) is 4.07. The summed E-state index contributed by atoms with van der Waals surface area (Å²) in [5, 5.41) is 0.649. The van der Waals surface area contributed by atoms with Crippen molar-refractivity contribution in [2.45, 2.75) is 12.8 Å². The van der Waals surface area contributed by atoms with Crippen molar-refractivity contribution in [3.05, 3.63) is 23.4 Å². The second kappa shape index (κ2) is 5.57. The van der Waals surface area contributed by atoms with Gasteiger partial charge >= 0.3 is 0 Å². The predicted molar refractivity (Wildman–Crippen MR) is 72.9 cm³/mol. The molecule has 1 aromatic heterocycles. The van der Waals surface area contributed by atoms with Gasteiger partial charge in [0.25, 0.3) is 0 Å². The van der Waals surface area contributed by atoms with E-state index < -0.39 is 0 Å². The van der Waals surface area contributed by atoms with Crippen LogP contribution in [-0.2, 0) is 4.79 Å². The first-order valence-corrected chi connectivity index (χ1v) is 6.53. The van der Waals surface area contributed by atoms with Gasteiger partial charge in [-0.2, -0.15) is 0 Å². The summed E-state index contributed by atoms with van der Waals surface area (Å²) in [5.74, 6) is 1.33. The lowest BCUT2D eigenvalue weighted by Gasteiger charge is -2.33. The van der Waals surface area contributed by atoms with Crippen molar-refractivity contribution in [2.24, 2.45) is 5.92 Å². The molecule has 18 heavy (non-hydrogen) atoms. The largest absolute Gasteiger partial charge is 0.357 e. The minimum absolute atomic E-state index is 0.156. The van der Waals surface area contributed by atoms with Gasteiger partial charge in [-0.25, -0.2) is 4.98 Å². The molecule has 0 spiro atoms. The van der Waals surface area contributed by atoms with Crippen LogP contribution in [-0.4, -0.2) is 43.0 Å². The number of amides is 1. The molecule has 4 nitrogen and oxygen atoms in total. The lowest BCUT2D eigenvalue weighted by molar-refractivity contribution is -0.133. The molecule has 1 aliphatic rings. The maximum Gasteiger partial charge on any atom is 0.225 e. The van der Waals surface area contributed by atoms with Gasteiger partial charge in [0.1, 0.15) is 5.82 Å². The molecule has 2 heterocycles. The van der Waals surface area contributed by atoms with E-state index in [-0.39, 0.29) is 11.8 Å². The Labute approximate surface area is 113 Å². The minimum Gasteiger partial charge on any atom is -0.357 e. The summed E-state index contributed by atoms with van der Waals surface area (Å²) in [7, 11) is 3.63. The molecule has 0 unspecified atom stereocenters. The lowest BCUT2D eigenvalue weighted by atomic mass is 9.95. The number of nitrogens with zero attached hydrogens (tertiary/aromatic N) is 3. The van der Waals surface area contributed by atoms with Crippen molar-refractivity contribution in [1.29, 1.82) is 0 Å². The van der Waals surface area contributed by atoms with Crippen molar-refractivity contribution in [1.82, 2.24) is 9.88 Å². The topological polar surface area (TPSA) is 36.4 Å². The first-order chi connectivity index (χ1) is 8.58. The van der Waals surface area contributed by atoms with Crippen LogP contribution in [0, 0.1) is 5.92 Å². The van der Waals surface area contributed by atoms with Crippen LogP contribution in [0.1, 0.15) is 12.8 Å². The number of anilines is 1. The monoisotopic (exact) mass is 267 g/mol. The number of halogens is 1. The molecule has 0 atom stereocenters. The second-order valence-corrected chi connectivity index (χ2v) is 5.27. The fourth-order valence-corrected chi connectivity index (χ4v) is 2.39. The summed E-state index contributed by atoms with van der Waals surface area (Å²) in [6.07, 6.45) is 3.44. The SMILES string of the molecule is CN(C)C(=O)C1CCN(c2ccc(Cl)cn2)CC1. The van der Waals surface area contributed by atoms with Crippen molar-refractivity contribution in [2.75, 3.05) is 32.1 Å². The quantitative estimate of drug-likeness (QED) is 0.823. The molecule has 0 N–H and O–H groups in total. The molecule has 0 aliphatic carbocycles. The van der Waals surface area contributed by atoms with Crippen LogP contribution < -0.4 is 4.90 Å². The highest BCUT2D eigenvalue weighted by Gasteiger charge is 2.26. The highest BCUT2D eigenvalue weighted by Crippen LogP contribution is 2.23. The average Bonchev–Trinajstić information content (AvgIpc) is 2.39. The van der Waals surface area contributed by atoms with Gasteiger partial charge in [0.15, 0.2) is 0 Å². The fourth-order valence-electron chi connectivity index (χ4n) is 2.28. The van der Waals surface area contributed by atoms with Crippen LogP contribution >= 0.6 is 11.6 Å². The van der Waals surface area contributed by atoms with Crippen molar-refractivity contribution in [3.63, 3.8) is 0 Å². The Morgan fingerprint density at radius 1 is 1.39 bits per heavy atom. The molecule has 2 rings (SSSR count). The number of rotatable bonds is 2. The van der Waals surface area contributed by atoms with Gasteiger partial charge in [-0.3, -0.25) is 4.79 Å². The smallest absolute Gasteiger partial charge is 0.225 e. The predicted octanol–water partition coefficient (Wildman–Crippen LogP) is 2.04. The molecule has 5 heteroatoms. The molecule has 0 bridgehead atoms. The number of piperidine rings is 1. The lowest BCUT2D eigenvalue weighted by Crippen LogP contribution is -2.40. The molecule has 1 aliphatic heterocycles. The van der Waals surface area contributed by atoms with E-state index in [0.29, 0.717) is 5.02 Å². The van der Waals surface area contributed by atoms with Crippen LogP contribution in [0.15, 0.2) is 18.3 Å². The van der Waals surface area contributed by atoms with E-state index in [9.17, 15) is 4.79 Å². The van der Waals surface area contributed by atoms with Crippen LogP contribution in [0.5, 0.6) is 0 Å². The maximum absolute atomic E-state index is 11.9. The third-order valence-corrected chi connectivity index (χ3v) is 3.54. The van der Waals surface area contributed by atoms with Gasteiger partial charge in [0.05, 0.1) is 5.02 Å². The van der Waals surface area contributed by atoms with Gasteiger partial charge < -0.3 is 9.80 Å². The number of carbonyl (C=O) groups excluding carboxylic acids is 1. The summed E-state index contributed by atoms with van der Waals surface area (Å²) in [6, 6.07) is 3.78. The third kappa shape index (κ3) is 2.93. The summed E-state index contributed by atoms with van der Waals surface area (Å²) < 4.78 is 0. The summed E-state index contributed by atoms with van der Waals surface area (Å²) >= 11 is 5.82. The molecule has 1 amide bonds. The summed E-state index contributed by atoms with van der Waals surface area (Å²) in [4.78, 5) is 20.1. The molecule has 98 valence electrons. The fraction of sp³-hybridized carbons (Fsp3) is 0.538. The molecule has 1 aromatic rings. The molecular formula is C13H18ClN3O. The van der Waals surface area contributed by atoms with Gasteiger partial charge in [-0.15, -0.1) is 0 Å². The number of aromatic nitrogens is 1. The zero-order valence-electron chi connectivity index (χ0n) is 10.8. The first-order valence-electron chi connectivity index (χ1n) is 6.15. The summed E-state index contributed by atoms with van der Waals surface area (Å²) in [5.41, 5.74) is 0. The highest BCUT2D eigenvalue weighted by atomic mass is 35.5. The van der Waals surface area contributed by atoms with E-state index in [0.717, 1.165) is 31.7 Å². The standard InChI is InChI=1S/C13H18ClN3O/c1-16(2)13(18)10-5-7-17(8-6-10)12-4-3-11(14)9-15-12/h3-4,9-10H,5-8H2,1-2H3. The molecule has 0 radical (unpaired) electrons. The Morgan fingerprint density at radius 2 is 2.06 bits per heavy atom. The van der Waals surface area contributed by atoms with Crippen molar-refractivity contribution >= 4 is 23.3 Å². The van der Waals surface area contributed by atoms with Gasteiger partial charge in [-0.1, -0.05) is 11.6 Å². The average molecular weight is 268 g/mol. The van der Waals surface area contributed by atoms with Crippen LogP contribution in [0.3, 0.4) is 0 Å². The molecule has 1 fully saturated rings. The number of hydrogen-bond acceptors (Lipinski definition) is 3. The van der Waals surface area contributed by atoms with E-state index in [1.807, 2.05) is 26.2 Å². The van der Waals surface area contributed by atoms with Crippen molar-refractivity contribution in [3.8, 4) is 0 Å².